The number of nitrogens with zero attached hydrogens (tertiary/aromatic N) is 4. The van der Waals surface area contributed by atoms with Crippen LogP contribution in [0.3, 0.4) is 0 Å². The summed E-state index contributed by atoms with van der Waals surface area (Å²) in [5.74, 6) is 1.84. The number of para-hydroxylation sites is 1. The van der Waals surface area contributed by atoms with Crippen LogP contribution in [-0.2, 0) is 11.2 Å². The molecule has 1 aliphatic heterocycles. The number of benzene rings is 1. The van der Waals surface area contributed by atoms with Crippen LogP contribution in [0.2, 0.25) is 0 Å². The number of thiazole rings is 1. The fraction of sp³-hybridized carbons (Fsp3) is 0.353. The van der Waals surface area contributed by atoms with Crippen LogP contribution in [0.25, 0.3) is 16.0 Å². The molecule has 0 bridgehead atoms. The van der Waals surface area contributed by atoms with E-state index in [2.05, 4.69) is 28.5 Å². The number of anilines is 1. The van der Waals surface area contributed by atoms with Crippen molar-refractivity contribution in [1.29, 1.82) is 0 Å². The van der Waals surface area contributed by atoms with Crippen molar-refractivity contribution in [1.82, 2.24) is 14.5 Å². The van der Waals surface area contributed by atoms with E-state index in [9.17, 15) is 0 Å². The van der Waals surface area contributed by atoms with Gasteiger partial charge in [0.2, 0.25) is 0 Å². The third-order valence-electron chi connectivity index (χ3n) is 4.10. The minimum absolute atomic E-state index is 0.734. The molecule has 5 nitrogen and oxygen atoms in total. The molecule has 0 aliphatic carbocycles. The lowest BCUT2D eigenvalue weighted by atomic mass is 10.3. The fourth-order valence-electron chi connectivity index (χ4n) is 2.89. The zero-order valence-corrected chi connectivity index (χ0v) is 15.1. The van der Waals surface area contributed by atoms with Gasteiger partial charge in [0.05, 0.1) is 13.2 Å². The lowest BCUT2D eigenvalue weighted by Gasteiger charge is -2.28. The summed E-state index contributed by atoms with van der Waals surface area (Å²) >= 11 is 7.23. The third kappa shape index (κ3) is 2.72. The summed E-state index contributed by atoms with van der Waals surface area (Å²) in [4.78, 5) is 11.9. The van der Waals surface area contributed by atoms with E-state index in [1.165, 1.54) is 0 Å². The number of fused-ring (bicyclic) bond motifs is 1. The highest BCUT2D eigenvalue weighted by molar-refractivity contribution is 7.73. The number of aromatic nitrogens is 3. The second kappa shape index (κ2) is 6.58. The molecule has 3 aromatic rings. The van der Waals surface area contributed by atoms with E-state index in [0.717, 1.165) is 64.4 Å². The topological polar surface area (TPSA) is 43.2 Å². The maximum absolute atomic E-state index is 5.65. The highest BCUT2D eigenvalue weighted by atomic mass is 32.1. The molecule has 1 saturated heterocycles. The standard InChI is InChI=1S/C17H18N4OS2/c1-2-13-18-15(20-8-10-22-11-9-20)14-16(19-13)21(17(23)24-14)12-6-4-3-5-7-12/h3-7H,2,8-11H2,1H3. The number of morpholine rings is 1. The van der Waals surface area contributed by atoms with Crippen LogP contribution in [-0.4, -0.2) is 40.8 Å². The second-order valence-corrected chi connectivity index (χ2v) is 7.25. The molecule has 2 aromatic heterocycles. The largest absolute Gasteiger partial charge is 0.378 e. The maximum atomic E-state index is 5.65. The summed E-state index contributed by atoms with van der Waals surface area (Å²) < 4.78 is 9.39. The molecule has 0 amide bonds. The molecule has 1 aromatic carbocycles. The monoisotopic (exact) mass is 358 g/mol. The Bertz CT molecular complexity index is 913. The first kappa shape index (κ1) is 15.7. The van der Waals surface area contributed by atoms with Gasteiger partial charge in [-0.15, -0.1) is 0 Å². The van der Waals surface area contributed by atoms with E-state index in [4.69, 9.17) is 26.9 Å². The molecule has 0 atom stereocenters. The van der Waals surface area contributed by atoms with E-state index in [-0.39, 0.29) is 0 Å². The van der Waals surface area contributed by atoms with Gasteiger partial charge in [-0.05, 0) is 24.4 Å². The molecule has 124 valence electrons. The molecule has 1 aliphatic rings. The summed E-state index contributed by atoms with van der Waals surface area (Å²) in [6.07, 6.45) is 0.796. The Hall–Kier alpha value is -1.83. The van der Waals surface area contributed by atoms with E-state index in [1.807, 2.05) is 18.2 Å². The van der Waals surface area contributed by atoms with Crippen LogP contribution >= 0.6 is 23.6 Å². The van der Waals surface area contributed by atoms with Gasteiger partial charge >= 0.3 is 0 Å². The average Bonchev–Trinajstić information content (AvgIpc) is 2.98. The average molecular weight is 358 g/mol. The second-order valence-electron chi connectivity index (χ2n) is 5.61. The Morgan fingerprint density at radius 2 is 1.92 bits per heavy atom. The molecule has 7 heteroatoms. The Labute approximate surface area is 149 Å². The van der Waals surface area contributed by atoms with Crippen molar-refractivity contribution in [2.24, 2.45) is 0 Å². The highest BCUT2D eigenvalue weighted by Crippen LogP contribution is 2.32. The van der Waals surface area contributed by atoms with Crippen molar-refractivity contribution >= 4 is 39.7 Å². The molecular weight excluding hydrogens is 340 g/mol. The summed E-state index contributed by atoms with van der Waals surface area (Å²) in [5, 5.41) is 0. The van der Waals surface area contributed by atoms with Crippen LogP contribution in [0.1, 0.15) is 12.7 Å². The van der Waals surface area contributed by atoms with Crippen molar-refractivity contribution in [3.8, 4) is 5.69 Å². The zero-order chi connectivity index (χ0) is 16.5. The van der Waals surface area contributed by atoms with Crippen LogP contribution in [0, 0.1) is 3.95 Å². The number of rotatable bonds is 3. The van der Waals surface area contributed by atoms with Crippen LogP contribution < -0.4 is 4.90 Å². The predicted molar refractivity (Wildman–Crippen MR) is 100.0 cm³/mol. The van der Waals surface area contributed by atoms with E-state index < -0.39 is 0 Å². The maximum Gasteiger partial charge on any atom is 0.168 e. The Balaban J connectivity index is 1.96. The van der Waals surface area contributed by atoms with E-state index in [1.54, 1.807) is 11.3 Å². The minimum Gasteiger partial charge on any atom is -0.378 e. The van der Waals surface area contributed by atoms with Crippen LogP contribution in [0.4, 0.5) is 5.82 Å². The lowest BCUT2D eigenvalue weighted by Crippen LogP contribution is -2.37. The first-order valence-corrected chi connectivity index (χ1v) is 9.31. The molecule has 1 fully saturated rings. The van der Waals surface area contributed by atoms with Gasteiger partial charge in [0.15, 0.2) is 15.4 Å². The van der Waals surface area contributed by atoms with E-state index in [0.29, 0.717) is 0 Å². The molecule has 0 N–H and O–H groups in total. The minimum atomic E-state index is 0.734. The van der Waals surface area contributed by atoms with Crippen molar-refractivity contribution in [3.63, 3.8) is 0 Å². The van der Waals surface area contributed by atoms with Gasteiger partial charge < -0.3 is 9.64 Å². The molecule has 24 heavy (non-hydrogen) atoms. The molecule has 4 rings (SSSR count). The smallest absolute Gasteiger partial charge is 0.168 e. The normalized spacial score (nSPS) is 15.1. The van der Waals surface area contributed by atoms with Crippen molar-refractivity contribution < 1.29 is 4.74 Å². The first-order valence-electron chi connectivity index (χ1n) is 8.08. The SMILES string of the molecule is CCc1nc(N2CCOCC2)c2sc(=S)n(-c3ccccc3)c2n1. The van der Waals surface area contributed by atoms with E-state index >= 15 is 0 Å². The molecule has 0 radical (unpaired) electrons. The molecule has 0 saturated carbocycles. The third-order valence-corrected chi connectivity index (χ3v) is 5.46. The summed E-state index contributed by atoms with van der Waals surface area (Å²) in [6.45, 7) is 5.25. The molecular formula is C17H18N4OS2. The van der Waals surface area contributed by atoms with Crippen molar-refractivity contribution in [2.45, 2.75) is 13.3 Å². The number of ether oxygens (including phenoxy) is 1. The van der Waals surface area contributed by atoms with Gasteiger partial charge in [-0.25, -0.2) is 9.97 Å². The predicted octanol–water partition coefficient (Wildman–Crippen LogP) is 3.61. The van der Waals surface area contributed by atoms with Gasteiger partial charge in [-0.2, -0.15) is 0 Å². The molecule has 0 unspecified atom stereocenters. The summed E-state index contributed by atoms with van der Waals surface area (Å²) in [7, 11) is 0. The Kier molecular flexibility index (Phi) is 4.30. The first-order chi connectivity index (χ1) is 11.8. The lowest BCUT2D eigenvalue weighted by molar-refractivity contribution is 0.122. The van der Waals surface area contributed by atoms with Gasteiger partial charge in [0.1, 0.15) is 10.5 Å². The zero-order valence-electron chi connectivity index (χ0n) is 13.4. The Morgan fingerprint density at radius 3 is 2.62 bits per heavy atom. The fourth-order valence-corrected chi connectivity index (χ4v) is 4.28. The van der Waals surface area contributed by atoms with Crippen LogP contribution in [0.15, 0.2) is 30.3 Å². The Morgan fingerprint density at radius 1 is 1.17 bits per heavy atom. The van der Waals surface area contributed by atoms with Gasteiger partial charge in [0.25, 0.3) is 0 Å². The summed E-state index contributed by atoms with van der Waals surface area (Å²) in [6, 6.07) is 10.2. The van der Waals surface area contributed by atoms with Gasteiger partial charge in [-0.1, -0.05) is 36.5 Å². The van der Waals surface area contributed by atoms with Crippen LogP contribution in [0.5, 0.6) is 0 Å². The quantitative estimate of drug-likeness (QED) is 0.669. The molecule has 0 spiro atoms. The van der Waals surface area contributed by atoms with Gasteiger partial charge in [-0.3, -0.25) is 4.57 Å². The number of aryl methyl sites for hydroxylation is 1. The van der Waals surface area contributed by atoms with Crippen molar-refractivity contribution in [2.75, 3.05) is 31.2 Å². The molecule has 3 heterocycles. The number of hydrogen-bond acceptors (Lipinski definition) is 6. The van der Waals surface area contributed by atoms with Gasteiger partial charge in [0, 0.05) is 25.2 Å². The van der Waals surface area contributed by atoms with Crippen molar-refractivity contribution in [3.05, 3.63) is 40.1 Å². The number of hydrogen-bond donors (Lipinski definition) is 0. The highest BCUT2D eigenvalue weighted by Gasteiger charge is 2.21. The summed E-state index contributed by atoms with van der Waals surface area (Å²) in [5.41, 5.74) is 1.95.